The summed E-state index contributed by atoms with van der Waals surface area (Å²) >= 11 is 12.1. The summed E-state index contributed by atoms with van der Waals surface area (Å²) in [5.41, 5.74) is 8.18. The van der Waals surface area contributed by atoms with Gasteiger partial charge in [0.2, 0.25) is 0 Å². The van der Waals surface area contributed by atoms with Crippen LogP contribution in [0.2, 0.25) is 10.0 Å². The quantitative estimate of drug-likeness (QED) is 0.664. The molecular formula is C15H15Cl2N3. The van der Waals surface area contributed by atoms with Crippen molar-refractivity contribution in [2.75, 3.05) is 11.9 Å². The number of hydrogen-bond acceptors (Lipinski definition) is 2. The maximum absolute atomic E-state index is 7.63. The third-order valence-electron chi connectivity index (χ3n) is 3.03. The van der Waals surface area contributed by atoms with Gasteiger partial charge in [-0.25, -0.2) is 0 Å². The molecule has 0 bridgehead atoms. The summed E-state index contributed by atoms with van der Waals surface area (Å²) in [5, 5.41) is 8.87. The summed E-state index contributed by atoms with van der Waals surface area (Å²) in [5.74, 6) is 0.0506. The predicted octanol–water partition coefficient (Wildman–Crippen LogP) is 3.91. The maximum atomic E-state index is 7.63. The van der Waals surface area contributed by atoms with E-state index in [-0.39, 0.29) is 5.84 Å². The van der Waals surface area contributed by atoms with E-state index < -0.39 is 0 Å². The zero-order valence-corrected chi connectivity index (χ0v) is 12.5. The van der Waals surface area contributed by atoms with Crippen LogP contribution in [0.1, 0.15) is 11.1 Å². The summed E-state index contributed by atoms with van der Waals surface area (Å²) in [4.78, 5) is 2.01. The van der Waals surface area contributed by atoms with Gasteiger partial charge in [0.25, 0.3) is 0 Å². The minimum absolute atomic E-state index is 0.0506. The highest BCUT2D eigenvalue weighted by Gasteiger charge is 2.11. The average molecular weight is 308 g/mol. The number of halogens is 2. The fourth-order valence-corrected chi connectivity index (χ4v) is 2.49. The molecule has 0 radical (unpaired) electrons. The summed E-state index contributed by atoms with van der Waals surface area (Å²) in [7, 11) is 1.94. The number of nitrogens with two attached hydrogens (primary N) is 1. The lowest BCUT2D eigenvalue weighted by Crippen LogP contribution is -2.22. The average Bonchev–Trinajstić information content (AvgIpc) is 2.41. The second-order valence-corrected chi connectivity index (χ2v) is 5.37. The number of nitrogens with one attached hydrogen (secondary N) is 1. The van der Waals surface area contributed by atoms with Crippen molar-refractivity contribution in [1.29, 1.82) is 5.41 Å². The summed E-state index contributed by atoms with van der Waals surface area (Å²) in [6.07, 6.45) is 0. The lowest BCUT2D eigenvalue weighted by Gasteiger charge is -2.22. The molecule has 0 saturated carbocycles. The Labute approximate surface area is 128 Å². The smallest absolute Gasteiger partial charge is 0.124 e. The largest absolute Gasteiger partial charge is 0.384 e. The zero-order valence-electron chi connectivity index (χ0n) is 11.0. The van der Waals surface area contributed by atoms with E-state index >= 15 is 0 Å². The normalized spacial score (nSPS) is 10.3. The molecule has 0 spiro atoms. The van der Waals surface area contributed by atoms with Gasteiger partial charge in [-0.15, -0.1) is 0 Å². The van der Waals surface area contributed by atoms with E-state index in [2.05, 4.69) is 0 Å². The lowest BCUT2D eigenvalue weighted by atomic mass is 10.1. The third-order valence-corrected chi connectivity index (χ3v) is 3.62. The number of amidine groups is 1. The van der Waals surface area contributed by atoms with Gasteiger partial charge in [0, 0.05) is 34.9 Å². The minimum atomic E-state index is 0.0506. The first-order chi connectivity index (χ1) is 9.49. The molecule has 5 heteroatoms. The van der Waals surface area contributed by atoms with Crippen molar-refractivity contribution in [2.45, 2.75) is 6.54 Å². The Balaban J connectivity index is 2.28. The van der Waals surface area contributed by atoms with E-state index in [4.69, 9.17) is 34.3 Å². The number of hydrogen-bond donors (Lipinski definition) is 2. The Bertz CT molecular complexity index is 641. The first-order valence-electron chi connectivity index (χ1n) is 6.07. The Kier molecular flexibility index (Phi) is 4.53. The van der Waals surface area contributed by atoms with Gasteiger partial charge >= 0.3 is 0 Å². The molecule has 2 aromatic carbocycles. The van der Waals surface area contributed by atoms with Crippen molar-refractivity contribution in [3.63, 3.8) is 0 Å². The third kappa shape index (κ3) is 3.24. The summed E-state index contributed by atoms with van der Waals surface area (Å²) in [6, 6.07) is 13.0. The highest BCUT2D eigenvalue weighted by Crippen LogP contribution is 2.25. The van der Waals surface area contributed by atoms with Crippen LogP contribution in [-0.4, -0.2) is 12.9 Å². The van der Waals surface area contributed by atoms with E-state index in [9.17, 15) is 0 Å². The van der Waals surface area contributed by atoms with Crippen LogP contribution < -0.4 is 10.6 Å². The molecule has 3 nitrogen and oxygen atoms in total. The Morgan fingerprint density at radius 3 is 2.55 bits per heavy atom. The minimum Gasteiger partial charge on any atom is -0.384 e. The molecular weight excluding hydrogens is 293 g/mol. The number of nitrogens with zero attached hydrogens (tertiary/aromatic N) is 1. The van der Waals surface area contributed by atoms with Crippen LogP contribution in [-0.2, 0) is 6.54 Å². The molecule has 0 amide bonds. The van der Waals surface area contributed by atoms with Crippen LogP contribution in [0.4, 0.5) is 5.69 Å². The van der Waals surface area contributed by atoms with Crippen LogP contribution in [0.3, 0.4) is 0 Å². The molecule has 104 valence electrons. The van der Waals surface area contributed by atoms with Crippen molar-refractivity contribution >= 4 is 34.7 Å². The molecule has 0 fully saturated rings. The number of para-hydroxylation sites is 1. The fourth-order valence-electron chi connectivity index (χ4n) is 2.02. The molecule has 0 heterocycles. The predicted molar refractivity (Wildman–Crippen MR) is 86.0 cm³/mol. The van der Waals surface area contributed by atoms with Crippen LogP contribution >= 0.6 is 23.2 Å². The second-order valence-electron chi connectivity index (χ2n) is 4.52. The van der Waals surface area contributed by atoms with Crippen molar-refractivity contribution < 1.29 is 0 Å². The van der Waals surface area contributed by atoms with Gasteiger partial charge in [-0.05, 0) is 29.8 Å². The molecule has 2 aromatic rings. The van der Waals surface area contributed by atoms with Gasteiger partial charge in [-0.2, -0.15) is 0 Å². The van der Waals surface area contributed by atoms with Gasteiger partial charge in [0.1, 0.15) is 5.84 Å². The first-order valence-corrected chi connectivity index (χ1v) is 6.83. The van der Waals surface area contributed by atoms with E-state index in [1.165, 1.54) is 0 Å². The zero-order chi connectivity index (χ0) is 14.7. The first kappa shape index (κ1) is 14.7. The molecule has 0 aromatic heterocycles. The second kappa shape index (κ2) is 6.16. The number of nitrogen functional groups attached to an aromatic ring is 1. The van der Waals surface area contributed by atoms with Crippen LogP contribution in [0, 0.1) is 5.41 Å². The molecule has 0 aliphatic heterocycles. The van der Waals surface area contributed by atoms with E-state index in [0.717, 1.165) is 11.3 Å². The molecule has 3 N–H and O–H groups in total. The fraction of sp³-hybridized carbons (Fsp3) is 0.133. The van der Waals surface area contributed by atoms with Crippen LogP contribution in [0.15, 0.2) is 42.5 Å². The van der Waals surface area contributed by atoms with Crippen molar-refractivity contribution in [2.24, 2.45) is 5.73 Å². The Morgan fingerprint density at radius 2 is 1.90 bits per heavy atom. The highest BCUT2D eigenvalue weighted by atomic mass is 35.5. The van der Waals surface area contributed by atoms with Crippen molar-refractivity contribution in [3.05, 3.63) is 63.6 Å². The van der Waals surface area contributed by atoms with Gasteiger partial charge < -0.3 is 10.6 Å². The molecule has 20 heavy (non-hydrogen) atoms. The van der Waals surface area contributed by atoms with Crippen molar-refractivity contribution in [3.8, 4) is 0 Å². The molecule has 0 atom stereocenters. The topological polar surface area (TPSA) is 53.1 Å². The van der Waals surface area contributed by atoms with Gasteiger partial charge in [0.05, 0.1) is 0 Å². The van der Waals surface area contributed by atoms with Crippen LogP contribution in [0.25, 0.3) is 0 Å². The Hall–Kier alpha value is -1.71. The molecule has 0 unspecified atom stereocenters. The van der Waals surface area contributed by atoms with Crippen molar-refractivity contribution in [1.82, 2.24) is 0 Å². The standard InChI is InChI=1S/C15H15Cl2N3/c1-20(9-10-6-7-11(16)8-13(10)17)14-5-3-2-4-12(14)15(18)19/h2-8H,9H2,1H3,(H3,18,19). The summed E-state index contributed by atoms with van der Waals surface area (Å²) < 4.78 is 0. The maximum Gasteiger partial charge on any atom is 0.124 e. The van der Waals surface area contributed by atoms with E-state index in [0.29, 0.717) is 22.2 Å². The van der Waals surface area contributed by atoms with Gasteiger partial charge in [-0.1, -0.05) is 41.4 Å². The Morgan fingerprint density at radius 1 is 1.20 bits per heavy atom. The number of rotatable bonds is 4. The van der Waals surface area contributed by atoms with Crippen LogP contribution in [0.5, 0.6) is 0 Å². The highest BCUT2D eigenvalue weighted by molar-refractivity contribution is 6.35. The molecule has 0 aliphatic rings. The monoisotopic (exact) mass is 307 g/mol. The molecule has 2 rings (SSSR count). The number of benzene rings is 2. The summed E-state index contributed by atoms with van der Waals surface area (Å²) in [6.45, 7) is 0.611. The number of anilines is 1. The van der Waals surface area contributed by atoms with E-state index in [1.807, 2.05) is 48.3 Å². The molecule has 0 aliphatic carbocycles. The van der Waals surface area contributed by atoms with Gasteiger partial charge in [-0.3, -0.25) is 5.41 Å². The lowest BCUT2D eigenvalue weighted by molar-refractivity contribution is 0.921. The SMILES string of the molecule is CN(Cc1ccc(Cl)cc1Cl)c1ccccc1C(=N)N. The van der Waals surface area contributed by atoms with Gasteiger partial charge in [0.15, 0.2) is 0 Å². The molecule has 0 saturated heterocycles. The van der Waals surface area contributed by atoms with E-state index in [1.54, 1.807) is 6.07 Å².